The first-order chi connectivity index (χ1) is 7.24. The minimum Gasteiger partial charge on any atom is -0.378 e. The van der Waals surface area contributed by atoms with Crippen LogP contribution in [-0.4, -0.2) is 38.8 Å². The zero-order valence-electron chi connectivity index (χ0n) is 9.71. The van der Waals surface area contributed by atoms with Gasteiger partial charge in [-0.3, -0.25) is 4.79 Å². The van der Waals surface area contributed by atoms with Crippen LogP contribution in [0.2, 0.25) is 0 Å². The topological polar surface area (TPSA) is 50.4 Å². The number of nitrogens with one attached hydrogen (secondary N) is 2. The Labute approximate surface area is 91.8 Å². The Morgan fingerprint density at radius 2 is 2.33 bits per heavy atom. The molecule has 0 spiro atoms. The van der Waals surface area contributed by atoms with Crippen LogP contribution in [0.5, 0.6) is 0 Å². The van der Waals surface area contributed by atoms with Crippen molar-refractivity contribution in [3.05, 3.63) is 0 Å². The minimum atomic E-state index is 0.157. The highest BCUT2D eigenvalue weighted by atomic mass is 16.5. The van der Waals surface area contributed by atoms with Crippen molar-refractivity contribution in [2.45, 2.75) is 32.3 Å². The van der Waals surface area contributed by atoms with E-state index in [2.05, 4.69) is 17.6 Å². The van der Waals surface area contributed by atoms with Gasteiger partial charge in [-0.2, -0.15) is 0 Å². The Morgan fingerprint density at radius 3 is 2.93 bits per heavy atom. The van der Waals surface area contributed by atoms with E-state index in [1.165, 1.54) is 0 Å². The van der Waals surface area contributed by atoms with Gasteiger partial charge >= 0.3 is 0 Å². The molecule has 2 unspecified atom stereocenters. The van der Waals surface area contributed by atoms with Crippen LogP contribution >= 0.6 is 0 Å². The molecule has 4 nitrogen and oxygen atoms in total. The third kappa shape index (κ3) is 4.62. The summed E-state index contributed by atoms with van der Waals surface area (Å²) in [5, 5.41) is 5.99. The number of hydrogen-bond acceptors (Lipinski definition) is 3. The summed E-state index contributed by atoms with van der Waals surface area (Å²) in [6.07, 6.45) is 2.88. The summed E-state index contributed by atoms with van der Waals surface area (Å²) in [6, 6.07) is 0. The molecule has 0 radical (unpaired) electrons. The summed E-state index contributed by atoms with van der Waals surface area (Å²) in [5.41, 5.74) is 0. The Bertz CT molecular complexity index is 197. The summed E-state index contributed by atoms with van der Waals surface area (Å²) in [7, 11) is 1.90. The summed E-state index contributed by atoms with van der Waals surface area (Å²) in [5.74, 6) is 0.655. The molecule has 1 fully saturated rings. The molecule has 1 aliphatic heterocycles. The highest BCUT2D eigenvalue weighted by Gasteiger charge is 2.24. The third-order valence-corrected chi connectivity index (χ3v) is 2.93. The zero-order chi connectivity index (χ0) is 11.1. The average Bonchev–Trinajstić information content (AvgIpc) is 2.61. The number of carbonyl (C=O) groups is 1. The van der Waals surface area contributed by atoms with Gasteiger partial charge in [0.1, 0.15) is 0 Å². The molecule has 0 aliphatic carbocycles. The Morgan fingerprint density at radius 1 is 1.53 bits per heavy atom. The van der Waals surface area contributed by atoms with Crippen molar-refractivity contribution in [2.75, 3.05) is 26.7 Å². The number of carbonyl (C=O) groups excluding carboxylic acids is 1. The van der Waals surface area contributed by atoms with Gasteiger partial charge in [-0.15, -0.1) is 0 Å². The van der Waals surface area contributed by atoms with Crippen LogP contribution in [0.4, 0.5) is 0 Å². The molecule has 1 saturated heterocycles. The summed E-state index contributed by atoms with van der Waals surface area (Å²) >= 11 is 0. The van der Waals surface area contributed by atoms with Crippen molar-refractivity contribution < 1.29 is 9.53 Å². The van der Waals surface area contributed by atoms with Crippen LogP contribution < -0.4 is 10.6 Å². The predicted molar refractivity (Wildman–Crippen MR) is 59.7 cm³/mol. The quantitative estimate of drug-likeness (QED) is 0.634. The van der Waals surface area contributed by atoms with Gasteiger partial charge in [0.2, 0.25) is 5.91 Å². The Hall–Kier alpha value is -0.610. The second-order valence-corrected chi connectivity index (χ2v) is 4.14. The molecule has 1 amide bonds. The van der Waals surface area contributed by atoms with Crippen LogP contribution in [0.1, 0.15) is 26.2 Å². The molecule has 15 heavy (non-hydrogen) atoms. The largest absolute Gasteiger partial charge is 0.378 e. The first-order valence-electron chi connectivity index (χ1n) is 5.77. The maximum atomic E-state index is 11.4. The van der Waals surface area contributed by atoms with Crippen LogP contribution in [-0.2, 0) is 9.53 Å². The molecule has 1 rings (SSSR count). The zero-order valence-corrected chi connectivity index (χ0v) is 9.71. The summed E-state index contributed by atoms with van der Waals surface area (Å²) in [6.45, 7) is 4.57. The molecule has 0 bridgehead atoms. The molecule has 1 heterocycles. The lowest BCUT2D eigenvalue weighted by molar-refractivity contribution is -0.121. The molecule has 4 heteroatoms. The van der Waals surface area contributed by atoms with Crippen molar-refractivity contribution >= 4 is 5.91 Å². The fraction of sp³-hybridized carbons (Fsp3) is 0.909. The van der Waals surface area contributed by atoms with Crippen LogP contribution in [0.15, 0.2) is 0 Å². The van der Waals surface area contributed by atoms with Gasteiger partial charge in [0, 0.05) is 25.5 Å². The lowest BCUT2D eigenvalue weighted by Gasteiger charge is -2.14. The van der Waals surface area contributed by atoms with Gasteiger partial charge in [0.05, 0.1) is 6.10 Å². The predicted octanol–water partition coefficient (Wildman–Crippen LogP) is 0.527. The second kappa shape index (κ2) is 6.80. The number of amides is 1. The lowest BCUT2D eigenvalue weighted by atomic mass is 10.0. The van der Waals surface area contributed by atoms with E-state index in [9.17, 15) is 4.79 Å². The highest BCUT2D eigenvalue weighted by Crippen LogP contribution is 2.19. The van der Waals surface area contributed by atoms with E-state index in [0.29, 0.717) is 18.4 Å². The molecular weight excluding hydrogens is 192 g/mol. The average molecular weight is 214 g/mol. The molecule has 0 aromatic heterocycles. The van der Waals surface area contributed by atoms with Gasteiger partial charge in [0.25, 0.3) is 0 Å². The van der Waals surface area contributed by atoms with Crippen molar-refractivity contribution in [3.63, 3.8) is 0 Å². The van der Waals surface area contributed by atoms with Crippen molar-refractivity contribution in [3.8, 4) is 0 Å². The van der Waals surface area contributed by atoms with Crippen molar-refractivity contribution in [1.29, 1.82) is 0 Å². The minimum absolute atomic E-state index is 0.157. The first kappa shape index (κ1) is 12.5. The van der Waals surface area contributed by atoms with Gasteiger partial charge in [-0.05, 0) is 33.4 Å². The maximum absolute atomic E-state index is 11.4. The standard InChI is InChI=1S/C11H22N2O2/c1-9-10(5-7-15-9)8-13-11(14)4-3-6-12-2/h9-10,12H,3-8H2,1-2H3,(H,13,14). The van der Waals surface area contributed by atoms with Crippen molar-refractivity contribution in [1.82, 2.24) is 10.6 Å². The molecule has 0 saturated carbocycles. The maximum Gasteiger partial charge on any atom is 0.220 e. The van der Waals surface area contributed by atoms with E-state index >= 15 is 0 Å². The number of rotatable bonds is 6. The molecule has 0 aromatic carbocycles. The number of ether oxygens (including phenoxy) is 1. The fourth-order valence-corrected chi connectivity index (χ4v) is 1.80. The highest BCUT2D eigenvalue weighted by molar-refractivity contribution is 5.75. The van der Waals surface area contributed by atoms with Gasteiger partial charge in [-0.25, -0.2) is 0 Å². The third-order valence-electron chi connectivity index (χ3n) is 2.93. The molecule has 88 valence electrons. The van der Waals surface area contributed by atoms with Crippen LogP contribution in [0.25, 0.3) is 0 Å². The van der Waals surface area contributed by atoms with E-state index in [1.54, 1.807) is 0 Å². The summed E-state index contributed by atoms with van der Waals surface area (Å²) in [4.78, 5) is 11.4. The number of hydrogen-bond donors (Lipinski definition) is 2. The van der Waals surface area contributed by atoms with Gasteiger partial charge in [-0.1, -0.05) is 0 Å². The fourth-order valence-electron chi connectivity index (χ4n) is 1.80. The molecule has 2 atom stereocenters. The summed E-state index contributed by atoms with van der Waals surface area (Å²) < 4.78 is 5.43. The van der Waals surface area contributed by atoms with E-state index in [0.717, 1.165) is 32.5 Å². The molecule has 1 aliphatic rings. The second-order valence-electron chi connectivity index (χ2n) is 4.14. The SMILES string of the molecule is CNCCCC(=O)NCC1CCOC1C. The Balaban J connectivity index is 2.05. The first-order valence-corrected chi connectivity index (χ1v) is 5.77. The van der Waals surface area contributed by atoms with Crippen molar-refractivity contribution in [2.24, 2.45) is 5.92 Å². The van der Waals surface area contributed by atoms with Gasteiger partial charge < -0.3 is 15.4 Å². The van der Waals surface area contributed by atoms with Gasteiger partial charge in [0.15, 0.2) is 0 Å². The van der Waals surface area contributed by atoms with Crippen LogP contribution in [0.3, 0.4) is 0 Å². The van der Waals surface area contributed by atoms with E-state index < -0.39 is 0 Å². The van der Waals surface area contributed by atoms with E-state index in [-0.39, 0.29) is 5.91 Å². The lowest BCUT2D eigenvalue weighted by Crippen LogP contribution is -2.32. The normalized spacial score (nSPS) is 25.5. The van der Waals surface area contributed by atoms with E-state index in [4.69, 9.17) is 4.74 Å². The molecule has 2 N–H and O–H groups in total. The monoisotopic (exact) mass is 214 g/mol. The smallest absolute Gasteiger partial charge is 0.220 e. The molecular formula is C11H22N2O2. The molecule has 0 aromatic rings. The van der Waals surface area contributed by atoms with E-state index in [1.807, 2.05) is 7.05 Å². The van der Waals surface area contributed by atoms with Crippen LogP contribution in [0, 0.1) is 5.92 Å². The Kier molecular flexibility index (Phi) is 5.65.